The zero-order valence-electron chi connectivity index (χ0n) is 7.90. The lowest BCUT2D eigenvalue weighted by atomic mass is 9.95. The fraction of sp³-hybridized carbons (Fsp3) is 0.667. The number of likely N-dealkylation sites (tertiary alicyclic amines) is 1. The van der Waals surface area contributed by atoms with Gasteiger partial charge in [-0.1, -0.05) is 0 Å². The van der Waals surface area contributed by atoms with Gasteiger partial charge in [-0.3, -0.25) is 10.00 Å². The standard InChI is InChI=1S/C9H16N4/c1-13-3-2-8(10)4-9(13)7-5-11-12-6-7/h5-6,8-9H,2-4,10H2,1H3,(H,11,12). The molecule has 4 heteroatoms. The van der Waals surface area contributed by atoms with Gasteiger partial charge in [0.15, 0.2) is 0 Å². The monoisotopic (exact) mass is 180 g/mol. The molecule has 0 aliphatic carbocycles. The van der Waals surface area contributed by atoms with Crippen LogP contribution in [0.3, 0.4) is 0 Å². The van der Waals surface area contributed by atoms with E-state index in [9.17, 15) is 0 Å². The minimum atomic E-state index is 0.344. The minimum Gasteiger partial charge on any atom is -0.328 e. The molecular weight excluding hydrogens is 164 g/mol. The molecule has 1 aliphatic heterocycles. The molecule has 0 radical (unpaired) electrons. The summed E-state index contributed by atoms with van der Waals surface area (Å²) in [7, 11) is 2.14. The van der Waals surface area contributed by atoms with Crippen molar-refractivity contribution in [2.45, 2.75) is 24.9 Å². The van der Waals surface area contributed by atoms with Crippen molar-refractivity contribution >= 4 is 0 Å². The lowest BCUT2D eigenvalue weighted by Crippen LogP contribution is -2.39. The molecular formula is C9H16N4. The summed E-state index contributed by atoms with van der Waals surface area (Å²) in [4.78, 5) is 2.34. The smallest absolute Gasteiger partial charge is 0.0535 e. The van der Waals surface area contributed by atoms with Crippen LogP contribution in [0.5, 0.6) is 0 Å². The Morgan fingerprint density at radius 1 is 1.69 bits per heavy atom. The maximum atomic E-state index is 5.94. The molecule has 2 unspecified atom stereocenters. The van der Waals surface area contributed by atoms with Gasteiger partial charge in [0.05, 0.1) is 6.20 Å². The van der Waals surface area contributed by atoms with E-state index < -0.39 is 0 Å². The minimum absolute atomic E-state index is 0.344. The van der Waals surface area contributed by atoms with Crippen molar-refractivity contribution in [2.75, 3.05) is 13.6 Å². The highest BCUT2D eigenvalue weighted by molar-refractivity contribution is 5.11. The fourth-order valence-corrected chi connectivity index (χ4v) is 1.94. The molecule has 2 rings (SSSR count). The Morgan fingerprint density at radius 2 is 2.54 bits per heavy atom. The Bertz CT molecular complexity index is 257. The first-order valence-electron chi connectivity index (χ1n) is 4.72. The average Bonchev–Trinajstić information content (AvgIpc) is 2.61. The molecule has 13 heavy (non-hydrogen) atoms. The number of hydrogen-bond acceptors (Lipinski definition) is 3. The van der Waals surface area contributed by atoms with Crippen molar-refractivity contribution in [3.8, 4) is 0 Å². The Hall–Kier alpha value is -0.870. The molecule has 0 spiro atoms. The molecule has 1 aromatic heterocycles. The van der Waals surface area contributed by atoms with E-state index >= 15 is 0 Å². The van der Waals surface area contributed by atoms with E-state index in [0.717, 1.165) is 19.4 Å². The predicted molar refractivity (Wildman–Crippen MR) is 51.2 cm³/mol. The molecule has 0 amide bonds. The summed E-state index contributed by atoms with van der Waals surface area (Å²) in [6, 6.07) is 0.790. The lowest BCUT2D eigenvalue weighted by Gasteiger charge is -2.35. The van der Waals surface area contributed by atoms with Crippen molar-refractivity contribution in [3.63, 3.8) is 0 Å². The van der Waals surface area contributed by atoms with E-state index in [2.05, 4.69) is 22.1 Å². The molecule has 4 nitrogen and oxygen atoms in total. The van der Waals surface area contributed by atoms with Crippen LogP contribution in [0.2, 0.25) is 0 Å². The highest BCUT2D eigenvalue weighted by Crippen LogP contribution is 2.27. The van der Waals surface area contributed by atoms with Gasteiger partial charge in [0.2, 0.25) is 0 Å². The van der Waals surface area contributed by atoms with Crippen LogP contribution in [0.15, 0.2) is 12.4 Å². The highest BCUT2D eigenvalue weighted by Gasteiger charge is 2.25. The van der Waals surface area contributed by atoms with Crippen LogP contribution >= 0.6 is 0 Å². The zero-order chi connectivity index (χ0) is 9.26. The van der Waals surface area contributed by atoms with Crippen LogP contribution < -0.4 is 5.73 Å². The first-order chi connectivity index (χ1) is 6.27. The summed E-state index contributed by atoms with van der Waals surface area (Å²) in [5.74, 6) is 0. The molecule has 72 valence electrons. The second kappa shape index (κ2) is 3.47. The highest BCUT2D eigenvalue weighted by atomic mass is 15.2. The summed E-state index contributed by atoms with van der Waals surface area (Å²) in [5, 5.41) is 6.81. The number of nitrogens with two attached hydrogens (primary N) is 1. The molecule has 0 bridgehead atoms. The Balaban J connectivity index is 2.12. The van der Waals surface area contributed by atoms with Gasteiger partial charge in [-0.05, 0) is 26.4 Å². The lowest BCUT2D eigenvalue weighted by molar-refractivity contribution is 0.171. The van der Waals surface area contributed by atoms with E-state index in [1.165, 1.54) is 5.56 Å². The summed E-state index contributed by atoms with van der Waals surface area (Å²) < 4.78 is 0. The third kappa shape index (κ3) is 1.73. The number of hydrogen-bond donors (Lipinski definition) is 2. The van der Waals surface area contributed by atoms with Gasteiger partial charge in [0.1, 0.15) is 0 Å². The Labute approximate surface area is 78.1 Å². The molecule has 2 heterocycles. The van der Waals surface area contributed by atoms with Crippen LogP contribution in [0.25, 0.3) is 0 Å². The average molecular weight is 180 g/mol. The third-order valence-corrected chi connectivity index (χ3v) is 2.81. The summed E-state index contributed by atoms with van der Waals surface area (Å²) in [6.07, 6.45) is 5.99. The second-order valence-corrected chi connectivity index (χ2v) is 3.81. The maximum absolute atomic E-state index is 5.94. The maximum Gasteiger partial charge on any atom is 0.0535 e. The van der Waals surface area contributed by atoms with Crippen molar-refractivity contribution in [2.24, 2.45) is 5.73 Å². The van der Waals surface area contributed by atoms with E-state index in [0.29, 0.717) is 12.1 Å². The molecule has 0 aromatic carbocycles. The third-order valence-electron chi connectivity index (χ3n) is 2.81. The van der Waals surface area contributed by atoms with Gasteiger partial charge in [0, 0.05) is 23.8 Å². The largest absolute Gasteiger partial charge is 0.328 e. The number of piperidine rings is 1. The van der Waals surface area contributed by atoms with Crippen LogP contribution in [0.4, 0.5) is 0 Å². The van der Waals surface area contributed by atoms with Gasteiger partial charge >= 0.3 is 0 Å². The Morgan fingerprint density at radius 3 is 3.23 bits per heavy atom. The number of H-pyrrole nitrogens is 1. The molecule has 3 N–H and O–H groups in total. The molecule has 0 saturated carbocycles. The van der Waals surface area contributed by atoms with Crippen molar-refractivity contribution in [3.05, 3.63) is 18.0 Å². The quantitative estimate of drug-likeness (QED) is 0.662. The fourth-order valence-electron chi connectivity index (χ4n) is 1.94. The van der Waals surface area contributed by atoms with Crippen LogP contribution in [0, 0.1) is 0 Å². The molecule has 1 fully saturated rings. The van der Waals surface area contributed by atoms with Crippen LogP contribution in [-0.2, 0) is 0 Å². The van der Waals surface area contributed by atoms with Gasteiger partial charge in [-0.25, -0.2) is 0 Å². The Kier molecular flexibility index (Phi) is 2.33. The summed E-state index contributed by atoms with van der Waals surface area (Å²) in [6.45, 7) is 1.08. The summed E-state index contributed by atoms with van der Waals surface area (Å²) in [5.41, 5.74) is 7.18. The van der Waals surface area contributed by atoms with Crippen molar-refractivity contribution < 1.29 is 0 Å². The normalized spacial score (nSPS) is 30.6. The summed E-state index contributed by atoms with van der Waals surface area (Å²) >= 11 is 0. The first-order valence-corrected chi connectivity index (χ1v) is 4.72. The van der Waals surface area contributed by atoms with Crippen LogP contribution in [0.1, 0.15) is 24.4 Å². The van der Waals surface area contributed by atoms with E-state index in [-0.39, 0.29) is 0 Å². The van der Waals surface area contributed by atoms with Crippen molar-refractivity contribution in [1.82, 2.24) is 15.1 Å². The SMILES string of the molecule is CN1CCC(N)CC1c1cn[nH]c1. The van der Waals surface area contributed by atoms with Gasteiger partial charge in [-0.15, -0.1) is 0 Å². The molecule has 1 aromatic rings. The molecule has 1 aliphatic rings. The number of rotatable bonds is 1. The molecule has 1 saturated heterocycles. The van der Waals surface area contributed by atoms with E-state index in [4.69, 9.17) is 5.73 Å². The van der Waals surface area contributed by atoms with E-state index in [1.807, 2.05) is 12.4 Å². The topological polar surface area (TPSA) is 57.9 Å². The van der Waals surface area contributed by atoms with Gasteiger partial charge < -0.3 is 5.73 Å². The van der Waals surface area contributed by atoms with Gasteiger partial charge in [0.25, 0.3) is 0 Å². The first kappa shape index (κ1) is 8.72. The number of nitrogens with one attached hydrogen (secondary N) is 1. The number of nitrogens with zero attached hydrogens (tertiary/aromatic N) is 2. The predicted octanol–water partition coefficient (Wildman–Crippen LogP) is 0.504. The van der Waals surface area contributed by atoms with Crippen molar-refractivity contribution in [1.29, 1.82) is 0 Å². The van der Waals surface area contributed by atoms with Gasteiger partial charge in [-0.2, -0.15) is 5.10 Å². The number of aromatic nitrogens is 2. The second-order valence-electron chi connectivity index (χ2n) is 3.81. The zero-order valence-corrected chi connectivity index (χ0v) is 7.90. The number of aromatic amines is 1. The molecule has 2 atom stereocenters. The van der Waals surface area contributed by atoms with Crippen LogP contribution in [-0.4, -0.2) is 34.7 Å². The van der Waals surface area contributed by atoms with E-state index in [1.54, 1.807) is 0 Å².